The number of ether oxygens (including phenoxy) is 2. The predicted octanol–water partition coefficient (Wildman–Crippen LogP) is 6.25. The lowest BCUT2D eigenvalue weighted by Gasteiger charge is -2.43. The Kier molecular flexibility index (Phi) is 5.35. The highest BCUT2D eigenvalue weighted by Crippen LogP contribution is 2.66. The zero-order valence-corrected chi connectivity index (χ0v) is 19.1. The number of allylic oxidation sites excluding steroid dienone is 1. The van der Waals surface area contributed by atoms with Gasteiger partial charge >= 0.3 is 0 Å². The maximum Gasteiger partial charge on any atom is 0.175 e. The molecule has 2 saturated heterocycles. The molecule has 3 fully saturated rings. The number of hydrogen-bond donors (Lipinski definition) is 0. The Hall–Kier alpha value is -2.61. The Morgan fingerprint density at radius 3 is 2.34 bits per heavy atom. The van der Waals surface area contributed by atoms with Gasteiger partial charge in [0.2, 0.25) is 0 Å². The predicted molar refractivity (Wildman–Crippen MR) is 124 cm³/mol. The largest absolute Gasteiger partial charge is 0.354 e. The van der Waals surface area contributed by atoms with E-state index in [1.165, 1.54) is 6.42 Å². The molecule has 1 aliphatic carbocycles. The van der Waals surface area contributed by atoms with E-state index in [0.29, 0.717) is 6.61 Å². The maximum absolute atomic E-state index is 9.79. The number of nitrogens with zero attached hydrogens (tertiary/aromatic N) is 2. The second-order valence-electron chi connectivity index (χ2n) is 10.0. The zero-order valence-electron chi connectivity index (χ0n) is 19.1. The molecule has 5 rings (SSSR count). The van der Waals surface area contributed by atoms with Crippen LogP contribution in [0, 0.1) is 16.7 Å². The third-order valence-electron chi connectivity index (χ3n) is 7.61. The van der Waals surface area contributed by atoms with Crippen LogP contribution < -0.4 is 0 Å². The zero-order chi connectivity index (χ0) is 22.2. The van der Waals surface area contributed by atoms with Crippen LogP contribution in [0.25, 0.3) is 0 Å². The SMILES string of the molecule is CC1(C)CC(OCc2ccccc2)N2/C(=C\C#N)C3(CCCCC3)OC21c1ccccc1. The molecule has 32 heavy (non-hydrogen) atoms. The Bertz CT molecular complexity index is 1020. The fraction of sp³-hybridized carbons (Fsp3) is 0.464. The summed E-state index contributed by atoms with van der Waals surface area (Å²) in [7, 11) is 0. The molecule has 1 saturated carbocycles. The first-order chi connectivity index (χ1) is 15.5. The Balaban J connectivity index is 1.62. The van der Waals surface area contributed by atoms with E-state index in [1.807, 2.05) is 24.3 Å². The molecule has 1 spiro atoms. The Morgan fingerprint density at radius 2 is 1.69 bits per heavy atom. The molecule has 2 aliphatic heterocycles. The van der Waals surface area contributed by atoms with E-state index in [9.17, 15) is 5.26 Å². The molecule has 166 valence electrons. The van der Waals surface area contributed by atoms with Crippen molar-refractivity contribution in [1.29, 1.82) is 5.26 Å². The number of nitriles is 1. The highest BCUT2D eigenvalue weighted by atomic mass is 16.6. The van der Waals surface area contributed by atoms with Crippen LogP contribution in [-0.4, -0.2) is 16.7 Å². The molecule has 3 aliphatic rings. The van der Waals surface area contributed by atoms with Crippen molar-refractivity contribution in [2.24, 2.45) is 5.41 Å². The van der Waals surface area contributed by atoms with Crippen LogP contribution in [0.2, 0.25) is 0 Å². The molecule has 4 heteroatoms. The molecule has 0 amide bonds. The average Bonchev–Trinajstić information content (AvgIpc) is 3.21. The minimum Gasteiger partial charge on any atom is -0.354 e. The lowest BCUT2D eigenvalue weighted by Crippen LogP contribution is -2.47. The summed E-state index contributed by atoms with van der Waals surface area (Å²) in [4.78, 5) is 2.33. The summed E-state index contributed by atoms with van der Waals surface area (Å²) < 4.78 is 13.9. The van der Waals surface area contributed by atoms with E-state index in [0.717, 1.165) is 48.9 Å². The molecular formula is C28H32N2O2. The Labute approximate surface area is 191 Å². The number of fused-ring (bicyclic) bond motifs is 1. The molecule has 0 radical (unpaired) electrons. The van der Waals surface area contributed by atoms with E-state index in [1.54, 1.807) is 6.08 Å². The molecule has 4 nitrogen and oxygen atoms in total. The van der Waals surface area contributed by atoms with Gasteiger partial charge in [0.15, 0.2) is 5.72 Å². The smallest absolute Gasteiger partial charge is 0.175 e. The van der Waals surface area contributed by atoms with Crippen molar-refractivity contribution >= 4 is 0 Å². The first-order valence-electron chi connectivity index (χ1n) is 11.8. The van der Waals surface area contributed by atoms with Crippen molar-refractivity contribution in [3.8, 4) is 6.07 Å². The summed E-state index contributed by atoms with van der Waals surface area (Å²) in [5.41, 5.74) is 2.02. The van der Waals surface area contributed by atoms with Gasteiger partial charge in [-0.05, 0) is 18.4 Å². The third kappa shape index (κ3) is 3.18. The summed E-state index contributed by atoms with van der Waals surface area (Å²) in [5.74, 6) is 0. The van der Waals surface area contributed by atoms with Crippen LogP contribution in [0.4, 0.5) is 0 Å². The van der Waals surface area contributed by atoms with Crippen molar-refractivity contribution in [2.45, 2.75) is 76.5 Å². The van der Waals surface area contributed by atoms with Gasteiger partial charge < -0.3 is 14.4 Å². The highest BCUT2D eigenvalue weighted by Gasteiger charge is 2.70. The van der Waals surface area contributed by atoms with Gasteiger partial charge in [0, 0.05) is 23.5 Å². The quantitative estimate of drug-likeness (QED) is 0.540. The number of rotatable bonds is 4. The minimum absolute atomic E-state index is 0.161. The summed E-state index contributed by atoms with van der Waals surface area (Å²) in [6, 6.07) is 23.2. The van der Waals surface area contributed by atoms with Gasteiger partial charge in [-0.2, -0.15) is 5.26 Å². The van der Waals surface area contributed by atoms with E-state index in [2.05, 4.69) is 61.2 Å². The second kappa shape index (κ2) is 8.06. The second-order valence-corrected chi connectivity index (χ2v) is 10.0. The summed E-state index contributed by atoms with van der Waals surface area (Å²) in [6.07, 6.45) is 7.77. The van der Waals surface area contributed by atoms with Gasteiger partial charge in [0.1, 0.15) is 11.8 Å². The first kappa shape index (κ1) is 21.2. The molecule has 0 aromatic heterocycles. The monoisotopic (exact) mass is 428 g/mol. The third-order valence-corrected chi connectivity index (χ3v) is 7.61. The van der Waals surface area contributed by atoms with Crippen molar-refractivity contribution in [1.82, 2.24) is 4.90 Å². The fourth-order valence-corrected chi connectivity index (χ4v) is 6.16. The fourth-order valence-electron chi connectivity index (χ4n) is 6.16. The molecule has 2 aromatic carbocycles. The normalized spacial score (nSPS) is 29.2. The molecule has 2 heterocycles. The molecule has 2 aromatic rings. The Morgan fingerprint density at radius 1 is 1.03 bits per heavy atom. The standard InChI is InChI=1S/C28H32N2O2/c1-26(2)20-25(31-21-22-12-6-3-7-13-22)30-24(16-19-29)27(17-10-5-11-18-27)32-28(26,30)23-14-8-4-9-15-23/h3-4,6-9,12-16,25H,5,10-11,17-18,20-21H2,1-2H3/b24-16-. The van der Waals surface area contributed by atoms with Crippen LogP contribution in [0.3, 0.4) is 0 Å². The molecule has 0 N–H and O–H groups in total. The summed E-state index contributed by atoms with van der Waals surface area (Å²) in [6.45, 7) is 5.10. The van der Waals surface area contributed by atoms with Gasteiger partial charge in [0.05, 0.1) is 18.4 Å². The van der Waals surface area contributed by atoms with Crippen LogP contribution in [-0.2, 0) is 21.8 Å². The molecule has 2 unspecified atom stereocenters. The first-order valence-corrected chi connectivity index (χ1v) is 11.8. The van der Waals surface area contributed by atoms with Crippen molar-refractivity contribution in [2.75, 3.05) is 0 Å². The van der Waals surface area contributed by atoms with Gasteiger partial charge in [-0.3, -0.25) is 0 Å². The lowest BCUT2D eigenvalue weighted by molar-refractivity contribution is -0.202. The van der Waals surface area contributed by atoms with Crippen molar-refractivity contribution < 1.29 is 9.47 Å². The van der Waals surface area contributed by atoms with E-state index >= 15 is 0 Å². The van der Waals surface area contributed by atoms with Gasteiger partial charge in [-0.1, -0.05) is 93.8 Å². The summed E-state index contributed by atoms with van der Waals surface area (Å²) in [5, 5.41) is 9.79. The maximum atomic E-state index is 9.79. The molecule has 0 bridgehead atoms. The molecular weight excluding hydrogens is 396 g/mol. The lowest BCUT2D eigenvalue weighted by atomic mass is 9.77. The van der Waals surface area contributed by atoms with E-state index in [4.69, 9.17) is 9.47 Å². The van der Waals surface area contributed by atoms with E-state index < -0.39 is 11.3 Å². The van der Waals surface area contributed by atoms with Gasteiger partial charge in [0.25, 0.3) is 0 Å². The highest BCUT2D eigenvalue weighted by molar-refractivity contribution is 5.39. The average molecular weight is 429 g/mol. The van der Waals surface area contributed by atoms with Crippen LogP contribution in [0.5, 0.6) is 0 Å². The van der Waals surface area contributed by atoms with Gasteiger partial charge in [-0.15, -0.1) is 0 Å². The van der Waals surface area contributed by atoms with Crippen molar-refractivity contribution in [3.63, 3.8) is 0 Å². The number of hydrogen-bond acceptors (Lipinski definition) is 4. The van der Waals surface area contributed by atoms with Gasteiger partial charge in [-0.25, -0.2) is 0 Å². The van der Waals surface area contributed by atoms with E-state index in [-0.39, 0.29) is 11.6 Å². The van der Waals surface area contributed by atoms with Crippen LogP contribution in [0.15, 0.2) is 72.4 Å². The topological polar surface area (TPSA) is 45.5 Å². The van der Waals surface area contributed by atoms with Crippen LogP contribution in [0.1, 0.15) is 63.5 Å². The number of benzene rings is 2. The summed E-state index contributed by atoms with van der Waals surface area (Å²) >= 11 is 0. The van der Waals surface area contributed by atoms with Crippen LogP contribution >= 0.6 is 0 Å². The molecule has 2 atom stereocenters. The minimum atomic E-state index is -0.657. The van der Waals surface area contributed by atoms with Crippen molar-refractivity contribution in [3.05, 3.63) is 83.6 Å².